The Kier molecular flexibility index (Phi) is 7.45. The standard InChI is InChI=1S/C15H20N2O5/c1-2-16-13(18)7-4-8-14(19)17-11-5-3-6-12(9-11)22-10-15(20)21/h3,5-6,9H,2,4,7-8,10H2,1H3,(H,16,18)(H,17,19)(H,20,21). The fourth-order valence-corrected chi connectivity index (χ4v) is 1.73. The lowest BCUT2D eigenvalue weighted by Gasteiger charge is -2.08. The molecule has 120 valence electrons. The van der Waals surface area contributed by atoms with E-state index in [-0.39, 0.29) is 18.2 Å². The second-order valence-electron chi connectivity index (χ2n) is 4.57. The summed E-state index contributed by atoms with van der Waals surface area (Å²) in [6.45, 7) is 1.97. The summed E-state index contributed by atoms with van der Waals surface area (Å²) in [6, 6.07) is 6.48. The summed E-state index contributed by atoms with van der Waals surface area (Å²) in [5.74, 6) is -0.985. The van der Waals surface area contributed by atoms with Crippen molar-refractivity contribution >= 4 is 23.5 Å². The molecule has 1 aromatic carbocycles. The highest BCUT2D eigenvalue weighted by atomic mass is 16.5. The molecule has 2 amide bonds. The van der Waals surface area contributed by atoms with Crippen LogP contribution < -0.4 is 15.4 Å². The van der Waals surface area contributed by atoms with Gasteiger partial charge in [-0.2, -0.15) is 0 Å². The number of hydrogen-bond acceptors (Lipinski definition) is 4. The Hall–Kier alpha value is -2.57. The van der Waals surface area contributed by atoms with E-state index in [9.17, 15) is 14.4 Å². The maximum Gasteiger partial charge on any atom is 0.341 e. The minimum Gasteiger partial charge on any atom is -0.482 e. The van der Waals surface area contributed by atoms with Gasteiger partial charge in [-0.3, -0.25) is 9.59 Å². The Morgan fingerprint density at radius 3 is 2.59 bits per heavy atom. The minimum absolute atomic E-state index is 0.0700. The third-order valence-corrected chi connectivity index (χ3v) is 2.66. The van der Waals surface area contributed by atoms with Crippen molar-refractivity contribution in [2.24, 2.45) is 0 Å². The predicted molar refractivity (Wildman–Crippen MR) is 80.7 cm³/mol. The molecule has 0 aliphatic carbocycles. The van der Waals surface area contributed by atoms with Crippen LogP contribution in [0.4, 0.5) is 5.69 Å². The van der Waals surface area contributed by atoms with Gasteiger partial charge in [-0.05, 0) is 25.5 Å². The number of rotatable bonds is 9. The van der Waals surface area contributed by atoms with Crippen molar-refractivity contribution in [1.82, 2.24) is 5.32 Å². The van der Waals surface area contributed by atoms with Crippen LogP contribution in [0, 0.1) is 0 Å². The lowest BCUT2D eigenvalue weighted by Crippen LogP contribution is -2.22. The van der Waals surface area contributed by atoms with Gasteiger partial charge in [0, 0.05) is 31.1 Å². The molecule has 7 nitrogen and oxygen atoms in total. The first-order valence-corrected chi connectivity index (χ1v) is 7.02. The number of carboxylic acid groups (broad SMARTS) is 1. The SMILES string of the molecule is CCNC(=O)CCCC(=O)Nc1cccc(OCC(=O)O)c1. The summed E-state index contributed by atoms with van der Waals surface area (Å²) < 4.78 is 5.03. The summed E-state index contributed by atoms with van der Waals surface area (Å²) in [4.78, 5) is 33.4. The van der Waals surface area contributed by atoms with Crippen LogP contribution >= 0.6 is 0 Å². The van der Waals surface area contributed by atoms with E-state index in [2.05, 4.69) is 10.6 Å². The molecule has 0 aromatic heterocycles. The lowest BCUT2D eigenvalue weighted by molar-refractivity contribution is -0.139. The zero-order chi connectivity index (χ0) is 16.4. The van der Waals surface area contributed by atoms with Crippen LogP contribution in [0.2, 0.25) is 0 Å². The summed E-state index contributed by atoms with van der Waals surface area (Å²) in [5.41, 5.74) is 0.519. The van der Waals surface area contributed by atoms with E-state index >= 15 is 0 Å². The van der Waals surface area contributed by atoms with Gasteiger partial charge in [0.1, 0.15) is 5.75 Å². The molecule has 0 radical (unpaired) electrons. The normalized spacial score (nSPS) is 9.86. The van der Waals surface area contributed by atoms with E-state index in [0.29, 0.717) is 30.8 Å². The average molecular weight is 308 g/mol. The zero-order valence-electron chi connectivity index (χ0n) is 12.4. The van der Waals surface area contributed by atoms with Gasteiger partial charge in [0.15, 0.2) is 6.61 Å². The summed E-state index contributed by atoms with van der Waals surface area (Å²) in [6.07, 6.45) is 1.01. The average Bonchev–Trinajstić information content (AvgIpc) is 2.46. The number of aliphatic carboxylic acids is 1. The molecule has 1 rings (SSSR count). The Balaban J connectivity index is 2.39. The number of benzene rings is 1. The molecule has 0 fully saturated rings. The highest BCUT2D eigenvalue weighted by Gasteiger charge is 2.06. The first-order chi connectivity index (χ1) is 10.5. The van der Waals surface area contributed by atoms with E-state index in [1.54, 1.807) is 24.3 Å². The molecule has 0 bridgehead atoms. The topological polar surface area (TPSA) is 105 Å². The van der Waals surface area contributed by atoms with Gasteiger partial charge >= 0.3 is 5.97 Å². The Morgan fingerprint density at radius 1 is 1.18 bits per heavy atom. The smallest absolute Gasteiger partial charge is 0.341 e. The van der Waals surface area contributed by atoms with Crippen LogP contribution in [0.15, 0.2) is 24.3 Å². The van der Waals surface area contributed by atoms with Gasteiger partial charge in [-0.25, -0.2) is 4.79 Å². The van der Waals surface area contributed by atoms with Crippen molar-refractivity contribution in [3.05, 3.63) is 24.3 Å². The Bertz CT molecular complexity index is 530. The van der Waals surface area contributed by atoms with Crippen molar-refractivity contribution in [2.45, 2.75) is 26.2 Å². The van der Waals surface area contributed by atoms with Gasteiger partial charge < -0.3 is 20.5 Å². The van der Waals surface area contributed by atoms with E-state index in [0.717, 1.165) is 0 Å². The van der Waals surface area contributed by atoms with E-state index in [4.69, 9.17) is 9.84 Å². The number of ether oxygens (including phenoxy) is 1. The van der Waals surface area contributed by atoms with E-state index < -0.39 is 12.6 Å². The van der Waals surface area contributed by atoms with Gasteiger partial charge in [0.2, 0.25) is 11.8 Å². The van der Waals surface area contributed by atoms with Crippen molar-refractivity contribution in [2.75, 3.05) is 18.5 Å². The minimum atomic E-state index is -1.07. The molecule has 0 saturated carbocycles. The van der Waals surface area contributed by atoms with Crippen LogP contribution in [0.1, 0.15) is 26.2 Å². The number of amides is 2. The van der Waals surface area contributed by atoms with Crippen LogP contribution in [-0.4, -0.2) is 36.0 Å². The van der Waals surface area contributed by atoms with Crippen molar-refractivity contribution in [3.63, 3.8) is 0 Å². The highest BCUT2D eigenvalue weighted by Crippen LogP contribution is 2.17. The molecular formula is C15H20N2O5. The Labute approximate surface area is 128 Å². The molecule has 0 spiro atoms. The maximum absolute atomic E-state index is 11.8. The van der Waals surface area contributed by atoms with Crippen LogP contribution in [0.3, 0.4) is 0 Å². The Morgan fingerprint density at radius 2 is 1.91 bits per heavy atom. The summed E-state index contributed by atoms with van der Waals surface area (Å²) >= 11 is 0. The highest BCUT2D eigenvalue weighted by molar-refractivity contribution is 5.91. The second-order valence-corrected chi connectivity index (χ2v) is 4.57. The number of carboxylic acids is 1. The molecule has 0 aliphatic rings. The molecule has 1 aromatic rings. The number of carbonyl (C=O) groups excluding carboxylic acids is 2. The van der Waals surface area contributed by atoms with Crippen molar-refractivity contribution in [1.29, 1.82) is 0 Å². The zero-order valence-corrected chi connectivity index (χ0v) is 12.4. The van der Waals surface area contributed by atoms with Crippen LogP contribution in [0.25, 0.3) is 0 Å². The maximum atomic E-state index is 11.8. The van der Waals surface area contributed by atoms with Crippen molar-refractivity contribution in [3.8, 4) is 5.75 Å². The number of anilines is 1. The second kappa shape index (κ2) is 9.38. The third-order valence-electron chi connectivity index (χ3n) is 2.66. The van der Waals surface area contributed by atoms with Crippen LogP contribution in [-0.2, 0) is 14.4 Å². The number of carbonyl (C=O) groups is 3. The summed E-state index contributed by atoms with van der Waals surface area (Å²) in [5, 5.41) is 13.9. The quantitative estimate of drug-likeness (QED) is 0.639. The first-order valence-electron chi connectivity index (χ1n) is 7.02. The van der Waals surface area contributed by atoms with E-state index in [1.807, 2.05) is 6.92 Å². The van der Waals surface area contributed by atoms with Gasteiger partial charge in [0.25, 0.3) is 0 Å². The fraction of sp³-hybridized carbons (Fsp3) is 0.400. The van der Waals surface area contributed by atoms with Gasteiger partial charge in [-0.15, -0.1) is 0 Å². The van der Waals surface area contributed by atoms with Crippen LogP contribution in [0.5, 0.6) is 5.75 Å². The molecule has 0 unspecified atom stereocenters. The predicted octanol–water partition coefficient (Wildman–Crippen LogP) is 1.39. The fourth-order valence-electron chi connectivity index (χ4n) is 1.73. The molecule has 0 heterocycles. The van der Waals surface area contributed by atoms with E-state index in [1.165, 1.54) is 0 Å². The monoisotopic (exact) mass is 308 g/mol. The number of hydrogen-bond donors (Lipinski definition) is 3. The lowest BCUT2D eigenvalue weighted by atomic mass is 10.2. The molecule has 22 heavy (non-hydrogen) atoms. The number of nitrogens with one attached hydrogen (secondary N) is 2. The molecular weight excluding hydrogens is 288 g/mol. The first kappa shape index (κ1) is 17.5. The largest absolute Gasteiger partial charge is 0.482 e. The van der Waals surface area contributed by atoms with Gasteiger partial charge in [0.05, 0.1) is 0 Å². The molecule has 7 heteroatoms. The van der Waals surface area contributed by atoms with Crippen molar-refractivity contribution < 1.29 is 24.2 Å². The molecule has 0 atom stereocenters. The molecule has 3 N–H and O–H groups in total. The van der Waals surface area contributed by atoms with Gasteiger partial charge in [-0.1, -0.05) is 6.07 Å². The molecule has 0 aliphatic heterocycles. The summed E-state index contributed by atoms with van der Waals surface area (Å²) in [7, 11) is 0. The molecule has 0 saturated heterocycles. The third kappa shape index (κ3) is 7.28.